The first-order chi connectivity index (χ1) is 7.24. The first kappa shape index (κ1) is 12.5. The largest absolute Gasteiger partial charge is 0.372 e. The van der Waals surface area contributed by atoms with Gasteiger partial charge in [0.05, 0.1) is 0 Å². The SMILES string of the molecule is CCCCOCC(=O)N1CCCC(N)C1. The van der Waals surface area contributed by atoms with Crippen LogP contribution in [0.1, 0.15) is 32.6 Å². The molecule has 1 aliphatic heterocycles. The van der Waals surface area contributed by atoms with Gasteiger partial charge in [0.2, 0.25) is 5.91 Å². The molecule has 0 aliphatic carbocycles. The van der Waals surface area contributed by atoms with Gasteiger partial charge in [0, 0.05) is 25.7 Å². The number of rotatable bonds is 5. The highest BCUT2D eigenvalue weighted by Crippen LogP contribution is 2.08. The quantitative estimate of drug-likeness (QED) is 0.687. The van der Waals surface area contributed by atoms with Crippen LogP contribution in [0.25, 0.3) is 0 Å². The topological polar surface area (TPSA) is 55.6 Å². The molecule has 0 spiro atoms. The summed E-state index contributed by atoms with van der Waals surface area (Å²) in [5.41, 5.74) is 5.80. The molecule has 1 rings (SSSR count). The summed E-state index contributed by atoms with van der Waals surface area (Å²) in [6.45, 7) is 4.53. The molecule has 0 aromatic heterocycles. The van der Waals surface area contributed by atoms with Crippen molar-refractivity contribution in [2.75, 3.05) is 26.3 Å². The van der Waals surface area contributed by atoms with Gasteiger partial charge in [-0.1, -0.05) is 13.3 Å². The summed E-state index contributed by atoms with van der Waals surface area (Å²) in [4.78, 5) is 13.5. The molecule has 0 saturated carbocycles. The van der Waals surface area contributed by atoms with E-state index < -0.39 is 0 Å². The number of nitrogens with two attached hydrogens (primary N) is 1. The van der Waals surface area contributed by atoms with Gasteiger partial charge in [-0.3, -0.25) is 4.79 Å². The molecule has 1 amide bonds. The lowest BCUT2D eigenvalue weighted by atomic mass is 10.1. The van der Waals surface area contributed by atoms with Crippen molar-refractivity contribution in [2.45, 2.75) is 38.6 Å². The lowest BCUT2D eigenvalue weighted by Crippen LogP contribution is -2.46. The van der Waals surface area contributed by atoms with Crippen LogP contribution >= 0.6 is 0 Å². The molecule has 88 valence electrons. The maximum absolute atomic E-state index is 11.7. The van der Waals surface area contributed by atoms with Crippen molar-refractivity contribution in [3.05, 3.63) is 0 Å². The average molecular weight is 214 g/mol. The molecular weight excluding hydrogens is 192 g/mol. The average Bonchev–Trinajstić information content (AvgIpc) is 2.24. The van der Waals surface area contributed by atoms with E-state index in [9.17, 15) is 4.79 Å². The highest BCUT2D eigenvalue weighted by atomic mass is 16.5. The van der Waals surface area contributed by atoms with Crippen molar-refractivity contribution in [3.63, 3.8) is 0 Å². The monoisotopic (exact) mass is 214 g/mol. The van der Waals surface area contributed by atoms with Crippen molar-refractivity contribution < 1.29 is 9.53 Å². The minimum atomic E-state index is 0.0845. The summed E-state index contributed by atoms with van der Waals surface area (Å²) in [6, 6.07) is 0.151. The van der Waals surface area contributed by atoms with Crippen molar-refractivity contribution in [3.8, 4) is 0 Å². The number of carbonyl (C=O) groups excluding carboxylic acids is 1. The molecule has 1 saturated heterocycles. The number of piperidine rings is 1. The second-order valence-electron chi connectivity index (χ2n) is 4.15. The van der Waals surface area contributed by atoms with Crippen LogP contribution in [0.15, 0.2) is 0 Å². The third kappa shape index (κ3) is 4.62. The van der Waals surface area contributed by atoms with Crippen LogP contribution in [-0.4, -0.2) is 43.2 Å². The summed E-state index contributed by atoms with van der Waals surface area (Å²) in [5, 5.41) is 0. The Morgan fingerprint density at radius 3 is 3.07 bits per heavy atom. The molecule has 15 heavy (non-hydrogen) atoms. The predicted octanol–water partition coefficient (Wildman–Crippen LogP) is 0.753. The molecule has 1 fully saturated rings. The number of ether oxygens (including phenoxy) is 1. The van der Waals surface area contributed by atoms with Crippen molar-refractivity contribution in [1.82, 2.24) is 4.90 Å². The third-order valence-corrected chi connectivity index (χ3v) is 2.68. The second kappa shape index (κ2) is 6.80. The predicted molar refractivity (Wildman–Crippen MR) is 59.5 cm³/mol. The Hall–Kier alpha value is -0.610. The molecule has 4 heteroatoms. The summed E-state index contributed by atoms with van der Waals surface area (Å²) >= 11 is 0. The minimum absolute atomic E-state index is 0.0845. The molecule has 4 nitrogen and oxygen atoms in total. The molecule has 0 radical (unpaired) electrons. The van der Waals surface area contributed by atoms with Crippen LogP contribution in [0.4, 0.5) is 0 Å². The highest BCUT2D eigenvalue weighted by Gasteiger charge is 2.20. The van der Waals surface area contributed by atoms with Crippen LogP contribution in [0.3, 0.4) is 0 Å². The molecule has 1 unspecified atom stereocenters. The van der Waals surface area contributed by atoms with Crippen molar-refractivity contribution in [1.29, 1.82) is 0 Å². The molecule has 0 aromatic carbocycles. The molecular formula is C11H22N2O2. The van der Waals surface area contributed by atoms with Gasteiger partial charge in [-0.2, -0.15) is 0 Å². The number of likely N-dealkylation sites (tertiary alicyclic amines) is 1. The number of hydrogen-bond acceptors (Lipinski definition) is 3. The number of carbonyl (C=O) groups is 1. The van der Waals surface area contributed by atoms with E-state index in [0.29, 0.717) is 13.2 Å². The number of unbranched alkanes of at least 4 members (excludes halogenated alkanes) is 1. The number of hydrogen-bond donors (Lipinski definition) is 1. The van der Waals surface area contributed by atoms with Crippen LogP contribution in [-0.2, 0) is 9.53 Å². The molecule has 1 heterocycles. The van der Waals surface area contributed by atoms with E-state index in [1.165, 1.54) is 0 Å². The van der Waals surface area contributed by atoms with Gasteiger partial charge in [0.15, 0.2) is 0 Å². The fourth-order valence-corrected chi connectivity index (χ4v) is 1.73. The number of nitrogens with zero attached hydrogens (tertiary/aromatic N) is 1. The summed E-state index contributed by atoms with van der Waals surface area (Å²) < 4.78 is 5.29. The van der Waals surface area contributed by atoms with E-state index in [-0.39, 0.29) is 18.6 Å². The van der Waals surface area contributed by atoms with Gasteiger partial charge in [0.25, 0.3) is 0 Å². The van der Waals surface area contributed by atoms with E-state index in [2.05, 4.69) is 6.92 Å². The third-order valence-electron chi connectivity index (χ3n) is 2.68. The van der Waals surface area contributed by atoms with Crippen LogP contribution < -0.4 is 5.73 Å². The van der Waals surface area contributed by atoms with E-state index in [1.807, 2.05) is 4.90 Å². The van der Waals surface area contributed by atoms with Gasteiger partial charge >= 0.3 is 0 Å². The molecule has 0 bridgehead atoms. The Morgan fingerprint density at radius 1 is 1.60 bits per heavy atom. The van der Waals surface area contributed by atoms with Crippen LogP contribution in [0.5, 0.6) is 0 Å². The molecule has 1 aliphatic rings. The van der Waals surface area contributed by atoms with E-state index in [4.69, 9.17) is 10.5 Å². The Labute approximate surface area is 91.8 Å². The smallest absolute Gasteiger partial charge is 0.248 e. The summed E-state index contributed by atoms with van der Waals surface area (Å²) in [7, 11) is 0. The van der Waals surface area contributed by atoms with E-state index >= 15 is 0 Å². The zero-order valence-electron chi connectivity index (χ0n) is 9.58. The zero-order valence-corrected chi connectivity index (χ0v) is 9.58. The van der Waals surface area contributed by atoms with Gasteiger partial charge in [-0.25, -0.2) is 0 Å². The molecule has 2 N–H and O–H groups in total. The van der Waals surface area contributed by atoms with Gasteiger partial charge in [0.1, 0.15) is 6.61 Å². The molecule has 0 aromatic rings. The van der Waals surface area contributed by atoms with Gasteiger partial charge < -0.3 is 15.4 Å². The fraction of sp³-hybridized carbons (Fsp3) is 0.909. The van der Waals surface area contributed by atoms with Crippen LogP contribution in [0, 0.1) is 0 Å². The Kier molecular flexibility index (Phi) is 5.65. The molecule has 1 atom stereocenters. The van der Waals surface area contributed by atoms with Crippen LogP contribution in [0.2, 0.25) is 0 Å². The first-order valence-corrected chi connectivity index (χ1v) is 5.85. The van der Waals surface area contributed by atoms with E-state index in [0.717, 1.165) is 32.2 Å². The van der Waals surface area contributed by atoms with E-state index in [1.54, 1.807) is 0 Å². The maximum atomic E-state index is 11.7. The normalized spacial score (nSPS) is 21.7. The fourth-order valence-electron chi connectivity index (χ4n) is 1.73. The van der Waals surface area contributed by atoms with Crippen molar-refractivity contribution >= 4 is 5.91 Å². The maximum Gasteiger partial charge on any atom is 0.248 e. The summed E-state index contributed by atoms with van der Waals surface area (Å²) in [5.74, 6) is 0.0845. The lowest BCUT2D eigenvalue weighted by Gasteiger charge is -2.30. The Morgan fingerprint density at radius 2 is 2.40 bits per heavy atom. The highest BCUT2D eigenvalue weighted by molar-refractivity contribution is 5.77. The Bertz CT molecular complexity index is 197. The lowest BCUT2D eigenvalue weighted by molar-refractivity contribution is -0.137. The second-order valence-corrected chi connectivity index (χ2v) is 4.15. The first-order valence-electron chi connectivity index (χ1n) is 5.85. The minimum Gasteiger partial charge on any atom is -0.372 e. The zero-order chi connectivity index (χ0) is 11.1. The Balaban J connectivity index is 2.15. The van der Waals surface area contributed by atoms with Gasteiger partial charge in [-0.05, 0) is 19.3 Å². The standard InChI is InChI=1S/C11H22N2O2/c1-2-3-7-15-9-11(14)13-6-4-5-10(12)8-13/h10H,2-9,12H2,1H3. The van der Waals surface area contributed by atoms with Gasteiger partial charge in [-0.15, -0.1) is 0 Å². The summed E-state index contributed by atoms with van der Waals surface area (Å²) in [6.07, 6.45) is 4.16. The number of amides is 1. The van der Waals surface area contributed by atoms with Crippen molar-refractivity contribution in [2.24, 2.45) is 5.73 Å².